The lowest BCUT2D eigenvalue weighted by Gasteiger charge is -2.16. The predicted octanol–water partition coefficient (Wildman–Crippen LogP) is 1.64. The van der Waals surface area contributed by atoms with Crippen LogP contribution in [-0.4, -0.2) is 40.2 Å². The van der Waals surface area contributed by atoms with Gasteiger partial charge in [0.05, 0.1) is 4.92 Å². The lowest BCUT2D eigenvalue weighted by molar-refractivity contribution is -0.384. The molecule has 0 aromatic carbocycles. The smallest absolute Gasteiger partial charge is 0.329 e. The van der Waals surface area contributed by atoms with Gasteiger partial charge in [0.15, 0.2) is 0 Å². The minimum absolute atomic E-state index is 0.111. The fraction of sp³-hybridized carbons (Fsp3) is 0.667. The first-order valence-corrected chi connectivity index (χ1v) is 6.66. The highest BCUT2D eigenvalue weighted by molar-refractivity contribution is 5.56. The minimum atomic E-state index is -0.511. The van der Waals surface area contributed by atoms with Crippen LogP contribution in [0.4, 0.5) is 17.5 Å². The van der Waals surface area contributed by atoms with E-state index in [1.54, 1.807) is 7.05 Å². The Kier molecular flexibility index (Phi) is 6.65. The lowest BCUT2D eigenvalue weighted by atomic mass is 10.0. The first-order valence-electron chi connectivity index (χ1n) is 6.66. The van der Waals surface area contributed by atoms with Crippen molar-refractivity contribution in [1.29, 1.82) is 0 Å². The Morgan fingerprint density at radius 2 is 2.25 bits per heavy atom. The minimum Gasteiger partial charge on any atom is -0.396 e. The van der Waals surface area contributed by atoms with Crippen molar-refractivity contribution in [2.45, 2.75) is 26.2 Å². The maximum Gasteiger partial charge on any atom is 0.329 e. The zero-order chi connectivity index (χ0) is 15.0. The van der Waals surface area contributed by atoms with Crippen molar-refractivity contribution in [3.05, 3.63) is 16.3 Å². The third-order valence-corrected chi connectivity index (χ3v) is 2.98. The molecule has 0 fully saturated rings. The number of rotatable bonds is 9. The van der Waals surface area contributed by atoms with Crippen LogP contribution < -0.4 is 10.6 Å². The number of aliphatic hydroxyl groups excluding tert-OH is 1. The zero-order valence-corrected chi connectivity index (χ0v) is 11.8. The molecule has 0 saturated carbocycles. The quantitative estimate of drug-likeness (QED) is 0.466. The second-order valence-corrected chi connectivity index (χ2v) is 4.48. The van der Waals surface area contributed by atoms with Crippen LogP contribution in [0.15, 0.2) is 6.20 Å². The van der Waals surface area contributed by atoms with Crippen molar-refractivity contribution in [1.82, 2.24) is 9.97 Å². The van der Waals surface area contributed by atoms with E-state index in [0.717, 1.165) is 12.8 Å². The van der Waals surface area contributed by atoms with Crippen molar-refractivity contribution in [3.8, 4) is 0 Å². The molecule has 8 nitrogen and oxygen atoms in total. The molecule has 1 heterocycles. The van der Waals surface area contributed by atoms with E-state index in [-0.39, 0.29) is 24.0 Å². The first kappa shape index (κ1) is 16.1. The van der Waals surface area contributed by atoms with Gasteiger partial charge in [-0.3, -0.25) is 10.1 Å². The first-order chi connectivity index (χ1) is 9.62. The van der Waals surface area contributed by atoms with Crippen LogP contribution in [-0.2, 0) is 0 Å². The highest BCUT2D eigenvalue weighted by atomic mass is 16.6. The third kappa shape index (κ3) is 4.61. The lowest BCUT2D eigenvalue weighted by Crippen LogP contribution is -2.17. The van der Waals surface area contributed by atoms with Gasteiger partial charge < -0.3 is 15.7 Å². The van der Waals surface area contributed by atoms with Gasteiger partial charge in [-0.05, 0) is 18.8 Å². The van der Waals surface area contributed by atoms with Gasteiger partial charge in [-0.15, -0.1) is 0 Å². The molecule has 20 heavy (non-hydrogen) atoms. The Balaban J connectivity index is 2.80. The van der Waals surface area contributed by atoms with Gasteiger partial charge in [0.1, 0.15) is 6.20 Å². The summed E-state index contributed by atoms with van der Waals surface area (Å²) in [7, 11) is 1.65. The molecule has 0 spiro atoms. The maximum atomic E-state index is 10.9. The number of hydrogen-bond donors (Lipinski definition) is 3. The fourth-order valence-electron chi connectivity index (χ4n) is 1.94. The van der Waals surface area contributed by atoms with E-state index in [2.05, 4.69) is 27.5 Å². The average molecular weight is 283 g/mol. The largest absolute Gasteiger partial charge is 0.396 e. The molecule has 0 saturated heterocycles. The van der Waals surface area contributed by atoms with Crippen molar-refractivity contribution in [2.24, 2.45) is 5.92 Å². The van der Waals surface area contributed by atoms with Crippen molar-refractivity contribution in [3.63, 3.8) is 0 Å². The van der Waals surface area contributed by atoms with E-state index in [9.17, 15) is 10.1 Å². The maximum absolute atomic E-state index is 10.9. The molecule has 1 atom stereocenters. The predicted molar refractivity (Wildman–Crippen MR) is 76.8 cm³/mol. The molecule has 112 valence electrons. The number of aromatic nitrogens is 2. The SMILES string of the molecule is CCCC(CCO)CNc1nc(NC)ncc1[N+](=O)[O-]. The second kappa shape index (κ2) is 8.26. The van der Waals surface area contributed by atoms with Crippen molar-refractivity contribution < 1.29 is 10.0 Å². The molecule has 8 heteroatoms. The summed E-state index contributed by atoms with van der Waals surface area (Å²) in [6.07, 6.45) is 3.80. The summed E-state index contributed by atoms with van der Waals surface area (Å²) < 4.78 is 0. The summed E-state index contributed by atoms with van der Waals surface area (Å²) >= 11 is 0. The highest BCUT2D eigenvalue weighted by Crippen LogP contribution is 2.23. The number of aliphatic hydroxyl groups is 1. The summed E-state index contributed by atoms with van der Waals surface area (Å²) in [5.41, 5.74) is -0.150. The van der Waals surface area contributed by atoms with Crippen LogP contribution in [0.2, 0.25) is 0 Å². The van der Waals surface area contributed by atoms with Crippen molar-refractivity contribution in [2.75, 3.05) is 30.8 Å². The van der Waals surface area contributed by atoms with Gasteiger partial charge in [0.2, 0.25) is 11.8 Å². The highest BCUT2D eigenvalue weighted by Gasteiger charge is 2.18. The van der Waals surface area contributed by atoms with Gasteiger partial charge >= 0.3 is 5.69 Å². The fourth-order valence-corrected chi connectivity index (χ4v) is 1.94. The number of nitro groups is 1. The second-order valence-electron chi connectivity index (χ2n) is 4.48. The van der Waals surface area contributed by atoms with Gasteiger partial charge in [-0.1, -0.05) is 13.3 Å². The molecular weight excluding hydrogens is 262 g/mol. The third-order valence-electron chi connectivity index (χ3n) is 2.98. The van der Waals surface area contributed by atoms with Gasteiger partial charge in [-0.2, -0.15) is 4.98 Å². The summed E-state index contributed by atoms with van der Waals surface area (Å²) in [5.74, 6) is 0.790. The monoisotopic (exact) mass is 283 g/mol. The van der Waals surface area contributed by atoms with Gasteiger partial charge in [0.25, 0.3) is 0 Å². The molecule has 1 aromatic rings. The van der Waals surface area contributed by atoms with E-state index in [4.69, 9.17) is 5.11 Å². The molecule has 1 unspecified atom stereocenters. The normalized spacial score (nSPS) is 11.9. The van der Waals surface area contributed by atoms with Crippen molar-refractivity contribution >= 4 is 17.5 Å². The Bertz CT molecular complexity index is 435. The summed E-state index contributed by atoms with van der Waals surface area (Å²) in [6, 6.07) is 0. The topological polar surface area (TPSA) is 113 Å². The molecule has 0 amide bonds. The number of nitrogens with one attached hydrogen (secondary N) is 2. The summed E-state index contributed by atoms with van der Waals surface area (Å²) in [4.78, 5) is 18.3. The van der Waals surface area contributed by atoms with Crippen LogP contribution >= 0.6 is 0 Å². The Morgan fingerprint density at radius 1 is 1.50 bits per heavy atom. The number of hydrogen-bond acceptors (Lipinski definition) is 7. The van der Waals surface area contributed by atoms with E-state index in [0.29, 0.717) is 18.9 Å². The van der Waals surface area contributed by atoms with E-state index in [1.807, 2.05) is 0 Å². The number of anilines is 2. The molecule has 1 rings (SSSR count). The van der Waals surface area contributed by atoms with E-state index < -0.39 is 4.92 Å². The van der Waals surface area contributed by atoms with E-state index in [1.165, 1.54) is 6.20 Å². The Labute approximate surface area is 117 Å². The molecule has 0 radical (unpaired) electrons. The van der Waals surface area contributed by atoms with Gasteiger partial charge in [-0.25, -0.2) is 4.98 Å². The Hall–Kier alpha value is -1.96. The Morgan fingerprint density at radius 3 is 2.80 bits per heavy atom. The van der Waals surface area contributed by atoms with Crippen LogP contribution in [0, 0.1) is 16.0 Å². The zero-order valence-electron chi connectivity index (χ0n) is 11.8. The van der Waals surface area contributed by atoms with Crippen LogP contribution in [0.3, 0.4) is 0 Å². The molecule has 0 aliphatic carbocycles. The molecule has 0 aliphatic rings. The van der Waals surface area contributed by atoms with Crippen LogP contribution in [0.5, 0.6) is 0 Å². The molecule has 1 aromatic heterocycles. The molecule has 3 N–H and O–H groups in total. The van der Waals surface area contributed by atoms with E-state index >= 15 is 0 Å². The van der Waals surface area contributed by atoms with Crippen LogP contribution in [0.1, 0.15) is 26.2 Å². The van der Waals surface area contributed by atoms with Crippen LogP contribution in [0.25, 0.3) is 0 Å². The number of nitrogens with zero attached hydrogens (tertiary/aromatic N) is 3. The molecule has 0 bridgehead atoms. The summed E-state index contributed by atoms with van der Waals surface area (Å²) in [6.45, 7) is 2.71. The summed E-state index contributed by atoms with van der Waals surface area (Å²) in [5, 5.41) is 25.7. The molecular formula is C12H21N5O3. The van der Waals surface area contributed by atoms with Gasteiger partial charge in [0, 0.05) is 20.2 Å². The molecule has 0 aliphatic heterocycles. The average Bonchev–Trinajstić information content (AvgIpc) is 2.44. The standard InChI is InChI=1S/C12H21N5O3/c1-3-4-9(5-6-18)7-14-11-10(17(19)20)8-15-12(13-2)16-11/h8-9,18H,3-7H2,1-2H3,(H2,13,14,15,16).